The van der Waals surface area contributed by atoms with E-state index in [9.17, 15) is 18.7 Å². The highest BCUT2D eigenvalue weighted by Gasteiger charge is 2.54. The van der Waals surface area contributed by atoms with Crippen LogP contribution in [0.5, 0.6) is 5.75 Å². The monoisotopic (exact) mass is 242 g/mol. The van der Waals surface area contributed by atoms with Gasteiger partial charge >= 0.3 is 5.97 Å². The molecule has 0 amide bonds. The molecule has 0 aliphatic heterocycles. The highest BCUT2D eigenvalue weighted by atomic mass is 19.3. The molecule has 0 radical (unpaired) electrons. The number of carbonyl (C=O) groups is 1. The summed E-state index contributed by atoms with van der Waals surface area (Å²) in [4.78, 5) is 11.3. The minimum Gasteiger partial charge on any atom is -0.508 e. The Bertz CT molecular complexity index is 442. The summed E-state index contributed by atoms with van der Waals surface area (Å²) in [6, 6.07) is 5.42. The number of alkyl halides is 2. The number of aliphatic carboxylic acids is 1. The van der Waals surface area contributed by atoms with Gasteiger partial charge in [-0.1, -0.05) is 12.1 Å². The number of hydrogen-bond acceptors (Lipinski definition) is 2. The first kappa shape index (κ1) is 11.8. The van der Waals surface area contributed by atoms with Crippen LogP contribution in [0.1, 0.15) is 24.8 Å². The number of phenolic OH excluding ortho intramolecular Hbond substituents is 1. The van der Waals surface area contributed by atoms with E-state index in [1.807, 2.05) is 0 Å². The Hall–Kier alpha value is -1.65. The summed E-state index contributed by atoms with van der Waals surface area (Å²) in [7, 11) is 0. The molecule has 0 saturated heterocycles. The van der Waals surface area contributed by atoms with E-state index in [1.54, 1.807) is 0 Å². The van der Waals surface area contributed by atoms with Gasteiger partial charge in [0.15, 0.2) is 0 Å². The molecule has 0 spiro atoms. The van der Waals surface area contributed by atoms with Crippen LogP contribution in [0.3, 0.4) is 0 Å². The van der Waals surface area contributed by atoms with Crippen molar-refractivity contribution in [3.8, 4) is 5.75 Å². The van der Waals surface area contributed by atoms with E-state index in [-0.39, 0.29) is 12.2 Å². The maximum absolute atomic E-state index is 13.3. The average molecular weight is 242 g/mol. The van der Waals surface area contributed by atoms with Gasteiger partial charge in [0, 0.05) is 12.8 Å². The van der Waals surface area contributed by atoms with Gasteiger partial charge in [-0.05, 0) is 24.1 Å². The summed E-state index contributed by atoms with van der Waals surface area (Å²) in [5.74, 6) is -4.18. The van der Waals surface area contributed by atoms with Gasteiger partial charge < -0.3 is 10.2 Å². The third kappa shape index (κ3) is 1.97. The lowest BCUT2D eigenvalue weighted by Crippen LogP contribution is -2.34. The quantitative estimate of drug-likeness (QED) is 0.837. The van der Waals surface area contributed by atoms with Crippen LogP contribution in [0.4, 0.5) is 8.78 Å². The Morgan fingerprint density at radius 3 is 2.18 bits per heavy atom. The van der Waals surface area contributed by atoms with Gasteiger partial charge in [-0.15, -0.1) is 0 Å². The van der Waals surface area contributed by atoms with Crippen LogP contribution in [0.25, 0.3) is 0 Å². The van der Waals surface area contributed by atoms with Crippen LogP contribution in [0, 0.1) is 0 Å². The van der Waals surface area contributed by atoms with Crippen molar-refractivity contribution in [1.29, 1.82) is 0 Å². The molecule has 0 bridgehead atoms. The molecule has 1 aliphatic rings. The fourth-order valence-corrected chi connectivity index (χ4v) is 2.35. The first-order chi connectivity index (χ1) is 7.86. The van der Waals surface area contributed by atoms with Crippen molar-refractivity contribution in [3.05, 3.63) is 29.8 Å². The van der Waals surface area contributed by atoms with E-state index >= 15 is 0 Å². The molecule has 2 rings (SSSR count). The normalized spacial score (nSPS) is 26.9. The largest absolute Gasteiger partial charge is 0.508 e. The molecule has 0 aromatic heterocycles. The fraction of sp³-hybridized carbons (Fsp3) is 0.417. The van der Waals surface area contributed by atoms with Crippen molar-refractivity contribution in [3.63, 3.8) is 0 Å². The molecule has 1 aliphatic carbocycles. The minimum absolute atomic E-state index is 0.0148. The Kier molecular flexibility index (Phi) is 2.56. The molecule has 1 unspecified atom stereocenters. The second-order valence-corrected chi connectivity index (χ2v) is 4.47. The third-order valence-corrected chi connectivity index (χ3v) is 3.31. The maximum Gasteiger partial charge on any atom is 0.314 e. The number of phenols is 1. The van der Waals surface area contributed by atoms with Crippen LogP contribution in [-0.4, -0.2) is 22.1 Å². The van der Waals surface area contributed by atoms with Crippen molar-refractivity contribution in [2.24, 2.45) is 0 Å². The average Bonchev–Trinajstić information content (AvgIpc) is 2.57. The van der Waals surface area contributed by atoms with Gasteiger partial charge in [0.05, 0.1) is 5.41 Å². The SMILES string of the molecule is O=C(O)C1(c2ccc(O)cc2)CCC(F)(F)C1. The van der Waals surface area contributed by atoms with Crippen LogP contribution >= 0.6 is 0 Å². The number of halogens is 2. The predicted molar refractivity (Wildman–Crippen MR) is 56.2 cm³/mol. The van der Waals surface area contributed by atoms with Crippen molar-refractivity contribution in [2.45, 2.75) is 30.6 Å². The summed E-state index contributed by atoms with van der Waals surface area (Å²) in [5.41, 5.74) is -1.21. The Morgan fingerprint density at radius 1 is 1.18 bits per heavy atom. The Morgan fingerprint density at radius 2 is 1.76 bits per heavy atom. The van der Waals surface area contributed by atoms with Gasteiger partial charge in [-0.25, -0.2) is 8.78 Å². The minimum atomic E-state index is -2.93. The molecule has 92 valence electrons. The van der Waals surface area contributed by atoms with E-state index in [1.165, 1.54) is 24.3 Å². The molecule has 5 heteroatoms. The first-order valence-electron chi connectivity index (χ1n) is 5.26. The predicted octanol–water partition coefficient (Wildman–Crippen LogP) is 2.53. The zero-order valence-electron chi connectivity index (χ0n) is 8.99. The smallest absolute Gasteiger partial charge is 0.314 e. The zero-order chi connectivity index (χ0) is 12.7. The van der Waals surface area contributed by atoms with Crippen molar-refractivity contribution in [1.82, 2.24) is 0 Å². The summed E-state index contributed by atoms with van der Waals surface area (Å²) in [6.45, 7) is 0. The lowest BCUT2D eigenvalue weighted by atomic mass is 9.79. The Labute approximate surface area is 96.7 Å². The molecule has 1 aromatic rings. The van der Waals surface area contributed by atoms with E-state index in [0.29, 0.717) is 5.56 Å². The first-order valence-corrected chi connectivity index (χ1v) is 5.26. The molecule has 1 atom stereocenters. The number of hydrogen-bond donors (Lipinski definition) is 2. The fourth-order valence-electron chi connectivity index (χ4n) is 2.35. The van der Waals surface area contributed by atoms with E-state index in [2.05, 4.69) is 0 Å². The van der Waals surface area contributed by atoms with E-state index in [4.69, 9.17) is 5.11 Å². The van der Waals surface area contributed by atoms with Crippen LogP contribution in [-0.2, 0) is 10.2 Å². The Balaban J connectivity index is 2.43. The molecule has 1 saturated carbocycles. The lowest BCUT2D eigenvalue weighted by molar-refractivity contribution is -0.145. The summed E-state index contributed by atoms with van der Waals surface area (Å²) >= 11 is 0. The second kappa shape index (κ2) is 3.68. The third-order valence-electron chi connectivity index (χ3n) is 3.31. The van der Waals surface area contributed by atoms with Crippen LogP contribution in [0.15, 0.2) is 24.3 Å². The van der Waals surface area contributed by atoms with Gasteiger partial charge in [0.2, 0.25) is 5.92 Å². The highest BCUT2D eigenvalue weighted by Crippen LogP contribution is 2.49. The highest BCUT2D eigenvalue weighted by molar-refractivity contribution is 5.82. The zero-order valence-corrected chi connectivity index (χ0v) is 8.99. The number of carboxylic acid groups (broad SMARTS) is 1. The topological polar surface area (TPSA) is 57.5 Å². The van der Waals surface area contributed by atoms with Crippen molar-refractivity contribution >= 4 is 5.97 Å². The van der Waals surface area contributed by atoms with E-state index in [0.717, 1.165) is 0 Å². The summed E-state index contributed by atoms with van der Waals surface area (Å²) in [5, 5.41) is 18.4. The molecular weight excluding hydrogens is 230 g/mol. The molecule has 17 heavy (non-hydrogen) atoms. The second-order valence-electron chi connectivity index (χ2n) is 4.47. The van der Waals surface area contributed by atoms with Gasteiger partial charge in [0.25, 0.3) is 0 Å². The van der Waals surface area contributed by atoms with Crippen molar-refractivity contribution in [2.75, 3.05) is 0 Å². The molecule has 1 fully saturated rings. The molecular formula is C12H12F2O3. The molecule has 1 aromatic carbocycles. The van der Waals surface area contributed by atoms with E-state index < -0.39 is 30.1 Å². The van der Waals surface area contributed by atoms with Gasteiger partial charge in [-0.3, -0.25) is 4.79 Å². The number of aromatic hydroxyl groups is 1. The molecule has 3 nitrogen and oxygen atoms in total. The van der Waals surface area contributed by atoms with Crippen molar-refractivity contribution < 1.29 is 23.8 Å². The van der Waals surface area contributed by atoms with Gasteiger partial charge in [-0.2, -0.15) is 0 Å². The summed E-state index contributed by atoms with van der Waals surface area (Å²) in [6.07, 6.45) is -1.18. The maximum atomic E-state index is 13.3. The standard InChI is InChI=1S/C12H12F2O3/c13-12(14)6-5-11(7-12,10(16)17)8-1-3-9(15)4-2-8/h1-4,15H,5-7H2,(H,16,17). The van der Waals surface area contributed by atoms with Crippen LogP contribution in [0.2, 0.25) is 0 Å². The summed E-state index contributed by atoms with van der Waals surface area (Å²) < 4.78 is 26.5. The number of carboxylic acids is 1. The number of rotatable bonds is 2. The lowest BCUT2D eigenvalue weighted by Gasteiger charge is -2.24. The van der Waals surface area contributed by atoms with Crippen LogP contribution < -0.4 is 0 Å². The molecule has 2 N–H and O–H groups in total. The van der Waals surface area contributed by atoms with Gasteiger partial charge in [0.1, 0.15) is 5.75 Å². The number of benzene rings is 1. The molecule has 0 heterocycles.